The second-order valence-electron chi connectivity index (χ2n) is 20.2. The van der Waals surface area contributed by atoms with Gasteiger partial charge in [0, 0.05) is 22.3 Å². The van der Waals surface area contributed by atoms with Crippen molar-refractivity contribution in [3.63, 3.8) is 0 Å². The number of fused-ring (bicyclic) bond motifs is 7. The summed E-state index contributed by atoms with van der Waals surface area (Å²) in [4.78, 5) is 11.8. The number of hydrogen-bond donors (Lipinski definition) is 1. The summed E-state index contributed by atoms with van der Waals surface area (Å²) >= 11 is 0. The summed E-state index contributed by atoms with van der Waals surface area (Å²) in [7, 11) is -4.64. The second-order valence-corrected chi connectivity index (χ2v) is 21.5. The second kappa shape index (κ2) is 12.9. The highest BCUT2D eigenvalue weighted by Crippen LogP contribution is 2.62. The van der Waals surface area contributed by atoms with Crippen LogP contribution < -0.4 is 9.05 Å². The fourth-order valence-corrected chi connectivity index (χ4v) is 9.34. The largest absolute Gasteiger partial charge is 0.584 e. The zero-order valence-corrected chi connectivity index (χ0v) is 35.3. The Morgan fingerprint density at radius 3 is 1.08 bits per heavy atom. The maximum Gasteiger partial charge on any atom is 0.584 e. The molecule has 282 valence electrons. The van der Waals surface area contributed by atoms with E-state index in [2.05, 4.69) is 132 Å². The summed E-state index contributed by atoms with van der Waals surface area (Å²) in [6.45, 7) is 27.0. The van der Waals surface area contributed by atoms with Gasteiger partial charge in [-0.2, -0.15) is 0 Å². The van der Waals surface area contributed by atoms with Gasteiger partial charge >= 0.3 is 7.82 Å². The summed E-state index contributed by atoms with van der Waals surface area (Å²) in [6, 6.07) is 18.3. The monoisotopic (exact) mass is 732 g/mol. The number of phosphoric acid groups is 1. The minimum atomic E-state index is -4.64. The minimum absolute atomic E-state index is 0.0918. The van der Waals surface area contributed by atoms with Gasteiger partial charge in [-0.15, -0.1) is 0 Å². The van der Waals surface area contributed by atoms with Crippen LogP contribution in [-0.2, 0) is 51.9 Å². The first-order valence-electron chi connectivity index (χ1n) is 19.9. The van der Waals surface area contributed by atoms with Crippen LogP contribution in [0.1, 0.15) is 153 Å². The molecule has 1 N–H and O–H groups in total. The van der Waals surface area contributed by atoms with E-state index >= 15 is 0 Å². The molecule has 0 unspecified atom stereocenters. The number of aryl methyl sites for hydroxylation is 2. The fraction of sp³-hybridized carbons (Fsp3) is 0.500. The van der Waals surface area contributed by atoms with Crippen molar-refractivity contribution in [2.45, 2.75) is 156 Å². The Kier molecular flexibility index (Phi) is 9.23. The molecule has 53 heavy (non-hydrogen) atoms. The molecule has 2 aliphatic carbocycles. The van der Waals surface area contributed by atoms with E-state index < -0.39 is 7.82 Å². The molecule has 1 heterocycles. The smallest absolute Gasteiger partial charge is 0.394 e. The maximum atomic E-state index is 14.5. The molecular formula is C48H61O4P. The van der Waals surface area contributed by atoms with Gasteiger partial charge < -0.3 is 9.05 Å². The predicted molar refractivity (Wildman–Crippen MR) is 222 cm³/mol. The van der Waals surface area contributed by atoms with Crippen molar-refractivity contribution in [2.24, 2.45) is 0 Å². The third-order valence-electron chi connectivity index (χ3n) is 11.8. The van der Waals surface area contributed by atoms with Crippen LogP contribution in [0.2, 0.25) is 0 Å². The van der Waals surface area contributed by atoms with E-state index in [9.17, 15) is 9.46 Å². The molecule has 5 heteroatoms. The molecular weight excluding hydrogens is 671 g/mol. The molecule has 4 aromatic rings. The van der Waals surface area contributed by atoms with Crippen LogP contribution in [0.5, 0.6) is 11.5 Å². The molecule has 0 fully saturated rings. The summed E-state index contributed by atoms with van der Waals surface area (Å²) in [5.74, 6) is 0.981. The molecule has 0 saturated carbocycles. The zero-order chi connectivity index (χ0) is 38.5. The lowest BCUT2D eigenvalue weighted by molar-refractivity contribution is 0.295. The summed E-state index contributed by atoms with van der Waals surface area (Å²) in [5, 5.41) is 0. The lowest BCUT2D eigenvalue weighted by Crippen LogP contribution is -2.17. The molecule has 0 aromatic heterocycles. The molecule has 0 amide bonds. The third-order valence-corrected chi connectivity index (χ3v) is 12.6. The topological polar surface area (TPSA) is 55.8 Å². The Balaban J connectivity index is 1.63. The number of benzene rings is 4. The molecule has 0 saturated heterocycles. The van der Waals surface area contributed by atoms with Gasteiger partial charge in [-0.25, -0.2) is 4.57 Å². The predicted octanol–water partition coefficient (Wildman–Crippen LogP) is 13.5. The van der Waals surface area contributed by atoms with Crippen LogP contribution in [0.15, 0.2) is 48.5 Å². The van der Waals surface area contributed by atoms with Crippen molar-refractivity contribution in [1.82, 2.24) is 0 Å². The van der Waals surface area contributed by atoms with E-state index in [-0.39, 0.29) is 21.7 Å². The van der Waals surface area contributed by atoms with E-state index in [0.29, 0.717) is 11.5 Å². The van der Waals surface area contributed by atoms with Crippen molar-refractivity contribution >= 4 is 7.82 Å². The normalized spacial score (nSPS) is 17.1. The highest BCUT2D eigenvalue weighted by molar-refractivity contribution is 7.48. The Morgan fingerprint density at radius 2 is 0.774 bits per heavy atom. The Hall–Kier alpha value is -3.33. The van der Waals surface area contributed by atoms with Crippen LogP contribution in [0.3, 0.4) is 0 Å². The lowest BCUT2D eigenvalue weighted by Gasteiger charge is -2.30. The van der Waals surface area contributed by atoms with Crippen LogP contribution in [0.25, 0.3) is 33.4 Å². The summed E-state index contributed by atoms with van der Waals surface area (Å²) < 4.78 is 27.4. The maximum absolute atomic E-state index is 14.5. The number of phosphoric ester groups is 1. The number of hydrogen-bond acceptors (Lipinski definition) is 3. The molecule has 0 spiro atoms. The molecule has 0 bridgehead atoms. The zero-order valence-electron chi connectivity index (χ0n) is 34.4. The quantitative estimate of drug-likeness (QED) is 0.209. The highest BCUT2D eigenvalue weighted by atomic mass is 31.2. The van der Waals surface area contributed by atoms with Gasteiger partial charge in [0.25, 0.3) is 0 Å². The van der Waals surface area contributed by atoms with Gasteiger partial charge in [0.1, 0.15) is 11.5 Å². The van der Waals surface area contributed by atoms with Gasteiger partial charge in [-0.3, -0.25) is 4.89 Å². The van der Waals surface area contributed by atoms with Crippen LogP contribution >= 0.6 is 7.82 Å². The van der Waals surface area contributed by atoms with Gasteiger partial charge in [0.15, 0.2) is 0 Å². The minimum Gasteiger partial charge on any atom is -0.394 e. The van der Waals surface area contributed by atoms with Crippen molar-refractivity contribution in [1.29, 1.82) is 0 Å². The molecule has 4 nitrogen and oxygen atoms in total. The molecule has 0 atom stereocenters. The molecule has 3 aliphatic rings. The van der Waals surface area contributed by atoms with Gasteiger partial charge in [0.05, 0.1) is 0 Å². The first kappa shape index (κ1) is 38.0. The Labute approximate surface area is 319 Å². The third kappa shape index (κ3) is 7.28. The van der Waals surface area contributed by atoms with Gasteiger partial charge in [-0.1, -0.05) is 119 Å². The Bertz CT molecular complexity index is 1950. The van der Waals surface area contributed by atoms with E-state index in [1.165, 1.54) is 44.5 Å². The van der Waals surface area contributed by atoms with E-state index in [1.54, 1.807) is 0 Å². The summed E-state index contributed by atoms with van der Waals surface area (Å²) in [6.07, 6.45) is 8.13. The van der Waals surface area contributed by atoms with E-state index in [0.717, 1.165) is 84.7 Å². The van der Waals surface area contributed by atoms with Crippen molar-refractivity contribution in [3.8, 4) is 44.9 Å². The van der Waals surface area contributed by atoms with Crippen molar-refractivity contribution in [2.75, 3.05) is 0 Å². The molecule has 7 rings (SSSR count). The lowest BCUT2D eigenvalue weighted by atomic mass is 9.75. The van der Waals surface area contributed by atoms with Crippen molar-refractivity contribution in [3.05, 3.63) is 93.0 Å². The van der Waals surface area contributed by atoms with E-state index in [1.807, 2.05) is 0 Å². The molecule has 0 radical (unpaired) electrons. The highest BCUT2D eigenvalue weighted by Gasteiger charge is 2.40. The fourth-order valence-electron chi connectivity index (χ4n) is 8.46. The SMILES string of the molecule is CC(C)(C)c1cc(-c2cc3c(c4c2OP(=O)(O)Oc2c(-c5cc(C(C)(C)C)cc(C(C)(C)C)c5)cc5c(c2-4)CCCC5)CCCC3)cc(C(C)(C)C)c1. The van der Waals surface area contributed by atoms with Gasteiger partial charge in [0.2, 0.25) is 0 Å². The standard InChI is InChI=1S/C48H61O4P/c1-45(2,3)33-21-31(22-34(27-33)46(4,5)6)39-25-29-17-13-15-19-37(29)41-42-38-20-16-14-18-30(38)26-40(44(42)52-53(49,50)51-43(39)41)32-23-35(47(7,8)9)28-36(24-32)48(10,11)12/h21-28H,13-20H2,1-12H3,(H,49,50). The van der Waals surface area contributed by atoms with Crippen LogP contribution in [0, 0.1) is 0 Å². The first-order chi connectivity index (χ1) is 24.5. The van der Waals surface area contributed by atoms with Crippen LogP contribution in [0.4, 0.5) is 0 Å². The average Bonchev–Trinajstić information content (AvgIpc) is 3.18. The van der Waals surface area contributed by atoms with E-state index in [4.69, 9.17) is 9.05 Å². The van der Waals surface area contributed by atoms with Crippen LogP contribution in [-0.4, -0.2) is 4.89 Å². The van der Waals surface area contributed by atoms with Gasteiger partial charge in [-0.05, 0) is 141 Å². The first-order valence-corrected chi connectivity index (χ1v) is 21.4. The molecule has 1 aliphatic heterocycles. The Morgan fingerprint density at radius 1 is 0.472 bits per heavy atom. The summed E-state index contributed by atoms with van der Waals surface area (Å²) in [5.41, 5.74) is 15.4. The number of rotatable bonds is 2. The molecule has 4 aromatic carbocycles. The average molecular weight is 733 g/mol. The van der Waals surface area contributed by atoms with Crippen molar-refractivity contribution < 1.29 is 18.5 Å².